The molecule has 0 aromatic heterocycles. The smallest absolute Gasteiger partial charge is 0.176 e. The molecule has 1 aromatic rings. The molecule has 0 saturated carbocycles. The summed E-state index contributed by atoms with van der Waals surface area (Å²) in [6, 6.07) is 5.45. The highest BCUT2D eigenvalue weighted by molar-refractivity contribution is 5.99. The Hall–Kier alpha value is -1.35. The maximum absolute atomic E-state index is 11.5. The van der Waals surface area contributed by atoms with Crippen LogP contribution < -0.4 is 10.5 Å². The molecule has 3 heteroatoms. The van der Waals surface area contributed by atoms with Crippen molar-refractivity contribution in [2.24, 2.45) is 5.73 Å². The van der Waals surface area contributed by atoms with E-state index in [1.807, 2.05) is 13.0 Å². The Morgan fingerprint density at radius 1 is 1.50 bits per heavy atom. The summed E-state index contributed by atoms with van der Waals surface area (Å²) in [5.74, 6) is 0.715. The molecule has 0 aliphatic carbocycles. The highest BCUT2D eigenvalue weighted by Gasteiger charge is 2.12. The van der Waals surface area contributed by atoms with Gasteiger partial charge in [-0.2, -0.15) is 0 Å². The number of ether oxygens (including phenoxy) is 1. The first-order valence-electron chi connectivity index (χ1n) is 4.63. The van der Waals surface area contributed by atoms with Gasteiger partial charge in [0.1, 0.15) is 5.75 Å². The van der Waals surface area contributed by atoms with E-state index in [4.69, 9.17) is 10.5 Å². The molecule has 76 valence electrons. The minimum absolute atomic E-state index is 0.0410. The van der Waals surface area contributed by atoms with Crippen molar-refractivity contribution >= 4 is 5.78 Å². The second kappa shape index (κ2) is 4.77. The standard InChI is InChI=1S/C11H15NO2/c1-3-8-9(10(13)7-12)5-4-6-11(8)14-2/h4-6H,3,7,12H2,1-2H3. The number of rotatable bonds is 4. The van der Waals surface area contributed by atoms with Crippen molar-refractivity contribution in [1.82, 2.24) is 0 Å². The minimum Gasteiger partial charge on any atom is -0.496 e. The number of carbonyl (C=O) groups excluding carboxylic acids is 1. The molecule has 0 radical (unpaired) electrons. The second-order valence-electron chi connectivity index (χ2n) is 2.97. The number of methoxy groups -OCH3 is 1. The van der Waals surface area contributed by atoms with Gasteiger partial charge in [0.25, 0.3) is 0 Å². The fraction of sp³-hybridized carbons (Fsp3) is 0.364. The van der Waals surface area contributed by atoms with Gasteiger partial charge in [0.05, 0.1) is 13.7 Å². The number of benzene rings is 1. The van der Waals surface area contributed by atoms with Gasteiger partial charge in [-0.3, -0.25) is 4.79 Å². The van der Waals surface area contributed by atoms with Crippen molar-refractivity contribution in [2.45, 2.75) is 13.3 Å². The van der Waals surface area contributed by atoms with E-state index < -0.39 is 0 Å². The Morgan fingerprint density at radius 2 is 2.21 bits per heavy atom. The van der Waals surface area contributed by atoms with Crippen LogP contribution in [0.15, 0.2) is 18.2 Å². The van der Waals surface area contributed by atoms with Crippen molar-refractivity contribution in [3.8, 4) is 5.75 Å². The average Bonchev–Trinajstić information content (AvgIpc) is 2.26. The predicted octanol–water partition coefficient (Wildman–Crippen LogP) is 1.40. The molecular weight excluding hydrogens is 178 g/mol. The topological polar surface area (TPSA) is 52.3 Å². The summed E-state index contributed by atoms with van der Waals surface area (Å²) in [6.07, 6.45) is 0.769. The van der Waals surface area contributed by atoms with Crippen molar-refractivity contribution < 1.29 is 9.53 Å². The third-order valence-electron chi connectivity index (χ3n) is 2.19. The average molecular weight is 193 g/mol. The molecule has 0 spiro atoms. The number of carbonyl (C=O) groups is 1. The SMILES string of the molecule is CCc1c(OC)cccc1C(=O)CN. The zero-order valence-corrected chi connectivity index (χ0v) is 8.54. The fourth-order valence-electron chi connectivity index (χ4n) is 1.49. The van der Waals surface area contributed by atoms with Gasteiger partial charge in [-0.05, 0) is 12.5 Å². The molecule has 1 aromatic carbocycles. The summed E-state index contributed by atoms with van der Waals surface area (Å²) < 4.78 is 5.18. The van der Waals surface area contributed by atoms with Crippen molar-refractivity contribution in [3.05, 3.63) is 29.3 Å². The van der Waals surface area contributed by atoms with Gasteiger partial charge in [0.15, 0.2) is 5.78 Å². The lowest BCUT2D eigenvalue weighted by Gasteiger charge is -2.10. The van der Waals surface area contributed by atoms with E-state index in [1.165, 1.54) is 0 Å². The van der Waals surface area contributed by atoms with Gasteiger partial charge in [-0.15, -0.1) is 0 Å². The Balaban J connectivity index is 3.21. The first kappa shape index (κ1) is 10.7. The maximum Gasteiger partial charge on any atom is 0.176 e. The van der Waals surface area contributed by atoms with E-state index in [-0.39, 0.29) is 12.3 Å². The zero-order chi connectivity index (χ0) is 10.6. The number of Topliss-reactive ketones (excluding diaryl/α,β-unsaturated/α-hetero) is 1. The Kier molecular flexibility index (Phi) is 3.65. The fourth-order valence-corrected chi connectivity index (χ4v) is 1.49. The highest BCUT2D eigenvalue weighted by atomic mass is 16.5. The molecule has 0 aliphatic rings. The summed E-state index contributed by atoms with van der Waals surface area (Å²) in [5, 5.41) is 0. The summed E-state index contributed by atoms with van der Waals surface area (Å²) >= 11 is 0. The second-order valence-corrected chi connectivity index (χ2v) is 2.97. The van der Waals surface area contributed by atoms with Crippen LogP contribution in [-0.2, 0) is 6.42 Å². The first-order valence-corrected chi connectivity index (χ1v) is 4.63. The summed E-state index contributed by atoms with van der Waals surface area (Å²) in [4.78, 5) is 11.5. The van der Waals surface area contributed by atoms with E-state index in [9.17, 15) is 4.79 Å². The number of ketones is 1. The van der Waals surface area contributed by atoms with Crippen LogP contribution in [0.3, 0.4) is 0 Å². The third-order valence-corrected chi connectivity index (χ3v) is 2.19. The monoisotopic (exact) mass is 193 g/mol. The number of nitrogens with two attached hydrogens (primary N) is 1. The van der Waals surface area contributed by atoms with Gasteiger partial charge >= 0.3 is 0 Å². The lowest BCUT2D eigenvalue weighted by molar-refractivity contribution is 0.1000. The predicted molar refractivity (Wildman–Crippen MR) is 55.8 cm³/mol. The molecule has 0 amide bonds. The molecule has 0 atom stereocenters. The molecule has 0 bridgehead atoms. The van der Waals surface area contributed by atoms with Gasteiger partial charge in [0, 0.05) is 11.1 Å². The third kappa shape index (κ3) is 1.93. The van der Waals surface area contributed by atoms with E-state index in [2.05, 4.69) is 0 Å². The molecule has 0 aliphatic heterocycles. The van der Waals surface area contributed by atoms with Crippen LogP contribution in [0.5, 0.6) is 5.75 Å². The molecule has 0 unspecified atom stereocenters. The Bertz CT molecular complexity index is 334. The van der Waals surface area contributed by atoms with Gasteiger partial charge in [0.2, 0.25) is 0 Å². The van der Waals surface area contributed by atoms with Crippen LogP contribution in [0, 0.1) is 0 Å². The quantitative estimate of drug-likeness (QED) is 0.735. The van der Waals surface area contributed by atoms with E-state index >= 15 is 0 Å². The summed E-state index contributed by atoms with van der Waals surface area (Å²) in [7, 11) is 1.60. The van der Waals surface area contributed by atoms with Crippen LogP contribution in [0.1, 0.15) is 22.8 Å². The summed E-state index contributed by atoms with van der Waals surface area (Å²) in [6.45, 7) is 2.03. The molecule has 2 N–H and O–H groups in total. The Morgan fingerprint density at radius 3 is 2.71 bits per heavy atom. The van der Waals surface area contributed by atoms with E-state index in [0.29, 0.717) is 5.56 Å². The van der Waals surface area contributed by atoms with Gasteiger partial charge in [-0.25, -0.2) is 0 Å². The molecule has 1 rings (SSSR count). The zero-order valence-electron chi connectivity index (χ0n) is 8.54. The summed E-state index contributed by atoms with van der Waals surface area (Å²) in [5.41, 5.74) is 6.94. The number of hydrogen-bond donors (Lipinski definition) is 1. The molecular formula is C11H15NO2. The number of hydrogen-bond acceptors (Lipinski definition) is 3. The van der Waals surface area contributed by atoms with Gasteiger partial charge < -0.3 is 10.5 Å². The maximum atomic E-state index is 11.5. The Labute approximate surface area is 83.9 Å². The van der Waals surface area contributed by atoms with Crippen molar-refractivity contribution in [1.29, 1.82) is 0 Å². The molecule has 0 heterocycles. The first-order chi connectivity index (χ1) is 6.74. The van der Waals surface area contributed by atoms with Crippen LogP contribution in [0.25, 0.3) is 0 Å². The van der Waals surface area contributed by atoms with Crippen molar-refractivity contribution in [3.63, 3.8) is 0 Å². The van der Waals surface area contributed by atoms with Crippen LogP contribution >= 0.6 is 0 Å². The normalized spacial score (nSPS) is 9.93. The van der Waals surface area contributed by atoms with Crippen LogP contribution in [0.4, 0.5) is 0 Å². The van der Waals surface area contributed by atoms with Gasteiger partial charge in [-0.1, -0.05) is 19.1 Å². The van der Waals surface area contributed by atoms with E-state index in [1.54, 1.807) is 19.2 Å². The lowest BCUT2D eigenvalue weighted by atomic mass is 10.0. The highest BCUT2D eigenvalue weighted by Crippen LogP contribution is 2.22. The lowest BCUT2D eigenvalue weighted by Crippen LogP contribution is -2.15. The van der Waals surface area contributed by atoms with E-state index in [0.717, 1.165) is 17.7 Å². The largest absolute Gasteiger partial charge is 0.496 e. The van der Waals surface area contributed by atoms with Crippen molar-refractivity contribution in [2.75, 3.05) is 13.7 Å². The minimum atomic E-state index is -0.0410. The van der Waals surface area contributed by atoms with Crippen LogP contribution in [0.2, 0.25) is 0 Å². The molecule has 0 saturated heterocycles. The molecule has 14 heavy (non-hydrogen) atoms. The molecule has 3 nitrogen and oxygen atoms in total. The van der Waals surface area contributed by atoms with Crippen LogP contribution in [-0.4, -0.2) is 19.4 Å². The molecule has 0 fully saturated rings.